The van der Waals surface area contributed by atoms with Crippen molar-refractivity contribution in [3.8, 4) is 0 Å². The van der Waals surface area contributed by atoms with E-state index >= 15 is 0 Å². The highest BCUT2D eigenvalue weighted by molar-refractivity contribution is 4.81. The molecule has 1 rings (SSSR count). The van der Waals surface area contributed by atoms with Gasteiger partial charge in [-0.1, -0.05) is 32.6 Å². The lowest BCUT2D eigenvalue weighted by atomic mass is 9.95. The molecule has 1 fully saturated rings. The number of nitrogens with one attached hydrogen (secondary N) is 1. The summed E-state index contributed by atoms with van der Waals surface area (Å²) < 4.78 is 6.01. The molecule has 0 aliphatic heterocycles. The molecule has 0 heterocycles. The van der Waals surface area contributed by atoms with Crippen LogP contribution >= 0.6 is 0 Å². The standard InChI is InChI=1S/C17H35NO2/c1-3-13-18-17(2,15-19)12-8-9-14-20-16-10-6-4-5-7-11-16/h16,18-19H,3-15H2,1-2H3. The molecule has 120 valence electrons. The topological polar surface area (TPSA) is 41.5 Å². The molecule has 0 bridgehead atoms. The summed E-state index contributed by atoms with van der Waals surface area (Å²) in [5.41, 5.74) is -0.113. The molecule has 0 radical (unpaired) electrons. The van der Waals surface area contributed by atoms with Gasteiger partial charge in [-0.2, -0.15) is 0 Å². The fourth-order valence-corrected chi connectivity index (χ4v) is 2.93. The van der Waals surface area contributed by atoms with Crippen LogP contribution in [-0.4, -0.2) is 36.5 Å². The van der Waals surface area contributed by atoms with Gasteiger partial charge in [0.1, 0.15) is 0 Å². The molecule has 0 spiro atoms. The van der Waals surface area contributed by atoms with Gasteiger partial charge >= 0.3 is 0 Å². The van der Waals surface area contributed by atoms with E-state index in [1.165, 1.54) is 38.5 Å². The predicted octanol–water partition coefficient (Wildman–Crippen LogP) is 3.65. The minimum absolute atomic E-state index is 0.113. The molecule has 1 saturated carbocycles. The molecule has 2 N–H and O–H groups in total. The van der Waals surface area contributed by atoms with E-state index in [9.17, 15) is 5.11 Å². The second kappa shape index (κ2) is 10.6. The van der Waals surface area contributed by atoms with Gasteiger partial charge in [-0.05, 0) is 52.0 Å². The molecule has 1 atom stereocenters. The van der Waals surface area contributed by atoms with Crippen molar-refractivity contribution in [2.75, 3.05) is 19.8 Å². The van der Waals surface area contributed by atoms with Crippen LogP contribution in [0.15, 0.2) is 0 Å². The molecule has 0 aromatic carbocycles. The second-order valence-electron chi connectivity index (χ2n) is 6.59. The van der Waals surface area contributed by atoms with Crippen molar-refractivity contribution in [3.63, 3.8) is 0 Å². The van der Waals surface area contributed by atoms with Crippen molar-refractivity contribution in [2.45, 2.75) is 89.7 Å². The van der Waals surface area contributed by atoms with Crippen LogP contribution in [0, 0.1) is 0 Å². The highest BCUT2D eigenvalue weighted by Crippen LogP contribution is 2.20. The first-order valence-corrected chi connectivity index (χ1v) is 8.67. The Labute approximate surface area is 125 Å². The first kappa shape index (κ1) is 17.9. The Bertz CT molecular complexity index is 227. The van der Waals surface area contributed by atoms with Gasteiger partial charge in [0.05, 0.1) is 12.7 Å². The normalized spacial score (nSPS) is 20.6. The van der Waals surface area contributed by atoms with Crippen molar-refractivity contribution in [1.29, 1.82) is 0 Å². The van der Waals surface area contributed by atoms with Gasteiger partial charge in [-0.15, -0.1) is 0 Å². The molecular formula is C17H35NO2. The van der Waals surface area contributed by atoms with E-state index in [0.29, 0.717) is 6.10 Å². The maximum atomic E-state index is 9.51. The molecule has 0 amide bonds. The van der Waals surface area contributed by atoms with E-state index in [-0.39, 0.29) is 12.1 Å². The van der Waals surface area contributed by atoms with Gasteiger partial charge in [0.2, 0.25) is 0 Å². The molecule has 0 saturated heterocycles. The Hall–Kier alpha value is -0.120. The molecule has 20 heavy (non-hydrogen) atoms. The molecule has 1 aliphatic carbocycles. The second-order valence-corrected chi connectivity index (χ2v) is 6.59. The van der Waals surface area contributed by atoms with Crippen LogP contribution in [0.5, 0.6) is 0 Å². The third kappa shape index (κ3) is 7.61. The summed E-state index contributed by atoms with van der Waals surface area (Å²) in [4.78, 5) is 0. The fraction of sp³-hybridized carbons (Fsp3) is 1.00. The zero-order chi connectivity index (χ0) is 14.7. The molecule has 3 heteroatoms. The lowest BCUT2D eigenvalue weighted by Crippen LogP contribution is -2.46. The van der Waals surface area contributed by atoms with Gasteiger partial charge < -0.3 is 15.2 Å². The number of aliphatic hydroxyl groups excluding tert-OH is 1. The van der Waals surface area contributed by atoms with E-state index in [2.05, 4.69) is 19.2 Å². The minimum Gasteiger partial charge on any atom is -0.394 e. The number of aliphatic hydroxyl groups is 1. The summed E-state index contributed by atoms with van der Waals surface area (Å²) in [7, 11) is 0. The molecule has 0 aromatic heterocycles. The molecule has 1 unspecified atom stereocenters. The summed E-state index contributed by atoms with van der Waals surface area (Å²) >= 11 is 0. The van der Waals surface area contributed by atoms with Crippen LogP contribution in [0.4, 0.5) is 0 Å². The van der Waals surface area contributed by atoms with Gasteiger partial charge in [0.15, 0.2) is 0 Å². The van der Waals surface area contributed by atoms with E-state index in [4.69, 9.17) is 4.74 Å². The van der Waals surface area contributed by atoms with Gasteiger partial charge in [0.25, 0.3) is 0 Å². The summed E-state index contributed by atoms with van der Waals surface area (Å²) in [5.74, 6) is 0. The molecule has 1 aliphatic rings. The average molecular weight is 285 g/mol. The smallest absolute Gasteiger partial charge is 0.0610 e. The summed E-state index contributed by atoms with van der Waals surface area (Å²) in [6.07, 6.45) is 12.9. The summed E-state index contributed by atoms with van der Waals surface area (Å²) in [5, 5.41) is 13.0. The maximum absolute atomic E-state index is 9.51. The zero-order valence-electron chi connectivity index (χ0n) is 13.6. The molecule has 3 nitrogen and oxygen atoms in total. The van der Waals surface area contributed by atoms with Gasteiger partial charge in [-0.3, -0.25) is 0 Å². The minimum atomic E-state index is -0.113. The zero-order valence-corrected chi connectivity index (χ0v) is 13.6. The summed E-state index contributed by atoms with van der Waals surface area (Å²) in [6.45, 7) is 6.37. The number of hydrogen-bond donors (Lipinski definition) is 2. The van der Waals surface area contributed by atoms with Gasteiger partial charge in [-0.25, -0.2) is 0 Å². The van der Waals surface area contributed by atoms with Crippen LogP contribution in [-0.2, 0) is 4.74 Å². The number of rotatable bonds is 10. The van der Waals surface area contributed by atoms with E-state index in [1.807, 2.05) is 0 Å². The average Bonchev–Trinajstić information content (AvgIpc) is 2.73. The van der Waals surface area contributed by atoms with Gasteiger partial charge in [0, 0.05) is 12.1 Å². The third-order valence-electron chi connectivity index (χ3n) is 4.43. The lowest BCUT2D eigenvalue weighted by molar-refractivity contribution is 0.0393. The van der Waals surface area contributed by atoms with E-state index < -0.39 is 0 Å². The Morgan fingerprint density at radius 3 is 2.45 bits per heavy atom. The highest BCUT2D eigenvalue weighted by Gasteiger charge is 2.21. The van der Waals surface area contributed by atoms with E-state index in [1.54, 1.807) is 0 Å². The van der Waals surface area contributed by atoms with Crippen LogP contribution in [0.3, 0.4) is 0 Å². The van der Waals surface area contributed by atoms with Crippen LogP contribution in [0.1, 0.15) is 78.1 Å². The molecule has 0 aromatic rings. The number of ether oxygens (including phenoxy) is 1. The number of hydrogen-bond acceptors (Lipinski definition) is 3. The quantitative estimate of drug-likeness (QED) is 0.475. The molecular weight excluding hydrogens is 250 g/mol. The third-order valence-corrected chi connectivity index (χ3v) is 4.43. The Kier molecular flexibility index (Phi) is 9.49. The first-order valence-electron chi connectivity index (χ1n) is 8.67. The Morgan fingerprint density at radius 1 is 1.15 bits per heavy atom. The maximum Gasteiger partial charge on any atom is 0.0610 e. The highest BCUT2D eigenvalue weighted by atomic mass is 16.5. The lowest BCUT2D eigenvalue weighted by Gasteiger charge is -2.29. The summed E-state index contributed by atoms with van der Waals surface area (Å²) in [6, 6.07) is 0. The van der Waals surface area contributed by atoms with Crippen molar-refractivity contribution >= 4 is 0 Å². The van der Waals surface area contributed by atoms with Crippen LogP contribution < -0.4 is 5.32 Å². The Balaban J connectivity index is 2.07. The van der Waals surface area contributed by atoms with Crippen molar-refractivity contribution in [1.82, 2.24) is 5.32 Å². The Morgan fingerprint density at radius 2 is 1.85 bits per heavy atom. The monoisotopic (exact) mass is 285 g/mol. The fourth-order valence-electron chi connectivity index (χ4n) is 2.93. The SMILES string of the molecule is CCCNC(C)(CO)CCCCOC1CCCCCC1. The largest absolute Gasteiger partial charge is 0.394 e. The van der Waals surface area contributed by atoms with Crippen LogP contribution in [0.25, 0.3) is 0 Å². The number of unbranched alkanes of at least 4 members (excludes halogenated alkanes) is 1. The van der Waals surface area contributed by atoms with E-state index in [0.717, 1.165) is 38.8 Å². The predicted molar refractivity (Wildman–Crippen MR) is 85.1 cm³/mol. The first-order chi connectivity index (χ1) is 9.70. The van der Waals surface area contributed by atoms with Crippen molar-refractivity contribution < 1.29 is 9.84 Å². The van der Waals surface area contributed by atoms with Crippen molar-refractivity contribution in [3.05, 3.63) is 0 Å². The van der Waals surface area contributed by atoms with Crippen molar-refractivity contribution in [2.24, 2.45) is 0 Å². The van der Waals surface area contributed by atoms with Crippen LogP contribution in [0.2, 0.25) is 0 Å².